The van der Waals surface area contributed by atoms with Gasteiger partial charge in [-0.3, -0.25) is 19.8 Å². The molecule has 9 nitrogen and oxygen atoms in total. The van der Waals surface area contributed by atoms with Gasteiger partial charge < -0.3 is 19.5 Å². The van der Waals surface area contributed by atoms with E-state index in [0.29, 0.717) is 6.61 Å². The predicted octanol–water partition coefficient (Wildman–Crippen LogP) is 2.76. The van der Waals surface area contributed by atoms with Crippen LogP contribution in [-0.2, 0) is 17.8 Å². The molecule has 0 bridgehead atoms. The SMILES string of the molecule is CCOc1cc([N+](=O)[O-])c(C(=O)NCc2cccc(CN3CCOCC3)c2)cc1OC. The van der Waals surface area contributed by atoms with Crippen LogP contribution in [0.1, 0.15) is 28.4 Å². The van der Waals surface area contributed by atoms with Crippen LogP contribution in [0.25, 0.3) is 0 Å². The van der Waals surface area contributed by atoms with E-state index in [1.54, 1.807) is 6.92 Å². The van der Waals surface area contributed by atoms with E-state index in [1.807, 2.05) is 24.3 Å². The van der Waals surface area contributed by atoms with Crippen LogP contribution in [0.2, 0.25) is 0 Å². The molecule has 0 aromatic heterocycles. The van der Waals surface area contributed by atoms with Crippen molar-refractivity contribution in [3.63, 3.8) is 0 Å². The number of amides is 1. The lowest BCUT2D eigenvalue weighted by atomic mass is 10.1. The van der Waals surface area contributed by atoms with Crippen LogP contribution in [0.5, 0.6) is 11.5 Å². The van der Waals surface area contributed by atoms with Crippen molar-refractivity contribution in [2.75, 3.05) is 40.0 Å². The van der Waals surface area contributed by atoms with Gasteiger partial charge in [-0.05, 0) is 18.1 Å². The third kappa shape index (κ3) is 5.93. The van der Waals surface area contributed by atoms with Crippen molar-refractivity contribution in [1.82, 2.24) is 10.2 Å². The van der Waals surface area contributed by atoms with Gasteiger partial charge in [-0.25, -0.2) is 0 Å². The fourth-order valence-corrected chi connectivity index (χ4v) is 3.44. The minimum absolute atomic E-state index is 0.0743. The van der Waals surface area contributed by atoms with Crippen molar-refractivity contribution in [2.24, 2.45) is 0 Å². The lowest BCUT2D eigenvalue weighted by Gasteiger charge is -2.26. The van der Waals surface area contributed by atoms with Crippen LogP contribution in [-0.4, -0.2) is 55.8 Å². The van der Waals surface area contributed by atoms with E-state index in [2.05, 4.69) is 10.2 Å². The highest BCUT2D eigenvalue weighted by molar-refractivity contribution is 5.99. The van der Waals surface area contributed by atoms with Crippen LogP contribution in [0, 0.1) is 10.1 Å². The molecule has 1 amide bonds. The summed E-state index contributed by atoms with van der Waals surface area (Å²) in [4.78, 5) is 26.0. The van der Waals surface area contributed by atoms with Gasteiger partial charge in [0, 0.05) is 32.2 Å². The lowest BCUT2D eigenvalue weighted by molar-refractivity contribution is -0.385. The maximum absolute atomic E-state index is 12.7. The number of nitro benzene ring substituents is 1. The number of hydrogen-bond acceptors (Lipinski definition) is 7. The van der Waals surface area contributed by atoms with Crippen LogP contribution in [0.15, 0.2) is 36.4 Å². The molecule has 3 rings (SSSR count). The summed E-state index contributed by atoms with van der Waals surface area (Å²) < 4.78 is 16.0. The molecule has 0 spiro atoms. The fourth-order valence-electron chi connectivity index (χ4n) is 3.44. The Kier molecular flexibility index (Phi) is 7.80. The zero-order valence-electron chi connectivity index (χ0n) is 17.8. The summed E-state index contributed by atoms with van der Waals surface area (Å²) in [7, 11) is 1.42. The van der Waals surface area contributed by atoms with Crippen LogP contribution in [0.3, 0.4) is 0 Å². The van der Waals surface area contributed by atoms with Gasteiger partial charge in [-0.1, -0.05) is 24.3 Å². The highest BCUT2D eigenvalue weighted by Gasteiger charge is 2.24. The smallest absolute Gasteiger partial charge is 0.286 e. The van der Waals surface area contributed by atoms with Gasteiger partial charge in [0.1, 0.15) is 5.56 Å². The maximum atomic E-state index is 12.7. The largest absolute Gasteiger partial charge is 0.493 e. The molecule has 166 valence electrons. The Labute approximate surface area is 181 Å². The summed E-state index contributed by atoms with van der Waals surface area (Å²) in [6.07, 6.45) is 0. The minimum Gasteiger partial charge on any atom is -0.493 e. The molecule has 0 unspecified atom stereocenters. The molecule has 2 aromatic rings. The standard InChI is InChI=1S/C22H27N3O6/c1-3-31-21-13-19(25(27)28)18(12-20(21)29-2)22(26)23-14-16-5-4-6-17(11-16)15-24-7-9-30-10-8-24/h4-6,11-13H,3,7-10,14-15H2,1-2H3,(H,23,26). The molecule has 0 atom stereocenters. The summed E-state index contributed by atoms with van der Waals surface area (Å²) in [6.45, 7) is 6.41. The Morgan fingerprint density at radius 2 is 1.94 bits per heavy atom. The molecule has 1 saturated heterocycles. The molecule has 1 N–H and O–H groups in total. The molecule has 0 saturated carbocycles. The monoisotopic (exact) mass is 429 g/mol. The second kappa shape index (κ2) is 10.7. The van der Waals surface area contributed by atoms with E-state index < -0.39 is 10.8 Å². The molecule has 31 heavy (non-hydrogen) atoms. The number of nitrogens with one attached hydrogen (secondary N) is 1. The molecule has 1 aliphatic heterocycles. The van der Waals surface area contributed by atoms with Gasteiger partial charge in [-0.15, -0.1) is 0 Å². The maximum Gasteiger partial charge on any atom is 0.286 e. The summed E-state index contributed by atoms with van der Waals surface area (Å²) in [5.41, 5.74) is 1.65. The number of nitrogens with zero attached hydrogens (tertiary/aromatic N) is 2. The van der Waals surface area contributed by atoms with Crippen molar-refractivity contribution in [1.29, 1.82) is 0 Å². The predicted molar refractivity (Wildman–Crippen MR) is 115 cm³/mol. The van der Waals surface area contributed by atoms with Gasteiger partial charge in [0.25, 0.3) is 11.6 Å². The molecule has 0 radical (unpaired) electrons. The third-order valence-electron chi connectivity index (χ3n) is 4.98. The molecule has 1 aliphatic rings. The van der Waals surface area contributed by atoms with Gasteiger partial charge in [0.15, 0.2) is 11.5 Å². The first kappa shape index (κ1) is 22.5. The Balaban J connectivity index is 1.71. The normalized spacial score (nSPS) is 14.1. The highest BCUT2D eigenvalue weighted by atomic mass is 16.6. The van der Waals surface area contributed by atoms with E-state index in [0.717, 1.165) is 44.0 Å². The summed E-state index contributed by atoms with van der Waals surface area (Å²) in [6, 6.07) is 10.5. The van der Waals surface area contributed by atoms with E-state index in [-0.39, 0.29) is 29.3 Å². The first-order chi connectivity index (χ1) is 15.0. The second-order valence-corrected chi connectivity index (χ2v) is 7.10. The third-order valence-corrected chi connectivity index (χ3v) is 4.98. The Bertz CT molecular complexity index is 927. The first-order valence-electron chi connectivity index (χ1n) is 10.2. The number of carbonyl (C=O) groups is 1. The van der Waals surface area contributed by atoms with Crippen molar-refractivity contribution in [3.8, 4) is 11.5 Å². The Morgan fingerprint density at radius 3 is 2.61 bits per heavy atom. The van der Waals surface area contributed by atoms with Crippen LogP contribution >= 0.6 is 0 Å². The number of methoxy groups -OCH3 is 1. The average molecular weight is 429 g/mol. The number of ether oxygens (including phenoxy) is 3. The summed E-state index contributed by atoms with van der Waals surface area (Å²) in [5.74, 6) is -0.0548. The molecule has 0 aliphatic carbocycles. The topological polar surface area (TPSA) is 103 Å². The number of nitro groups is 1. The summed E-state index contributed by atoms with van der Waals surface area (Å²) >= 11 is 0. The van der Waals surface area contributed by atoms with Crippen molar-refractivity contribution in [2.45, 2.75) is 20.0 Å². The molecular formula is C22H27N3O6. The van der Waals surface area contributed by atoms with Gasteiger partial charge in [-0.2, -0.15) is 0 Å². The minimum atomic E-state index is -0.597. The second-order valence-electron chi connectivity index (χ2n) is 7.10. The van der Waals surface area contributed by atoms with Crippen LogP contribution in [0.4, 0.5) is 5.69 Å². The zero-order valence-corrected chi connectivity index (χ0v) is 17.8. The molecular weight excluding hydrogens is 402 g/mol. The molecule has 9 heteroatoms. The van der Waals surface area contributed by atoms with Crippen molar-refractivity contribution >= 4 is 11.6 Å². The fraction of sp³-hybridized carbons (Fsp3) is 0.409. The quantitative estimate of drug-likeness (QED) is 0.483. The summed E-state index contributed by atoms with van der Waals surface area (Å²) in [5, 5.41) is 14.3. The number of hydrogen-bond donors (Lipinski definition) is 1. The van der Waals surface area contributed by atoms with Gasteiger partial charge in [0.05, 0.1) is 37.9 Å². The van der Waals surface area contributed by atoms with E-state index in [4.69, 9.17) is 14.2 Å². The number of rotatable bonds is 9. The number of morpholine rings is 1. The average Bonchev–Trinajstić information content (AvgIpc) is 2.78. The number of carbonyl (C=O) groups excluding carboxylic acids is 1. The van der Waals surface area contributed by atoms with Crippen molar-refractivity contribution in [3.05, 3.63) is 63.2 Å². The van der Waals surface area contributed by atoms with Crippen molar-refractivity contribution < 1.29 is 23.9 Å². The highest BCUT2D eigenvalue weighted by Crippen LogP contribution is 2.34. The zero-order chi connectivity index (χ0) is 22.2. The van der Waals surface area contributed by atoms with E-state index >= 15 is 0 Å². The molecule has 2 aromatic carbocycles. The first-order valence-corrected chi connectivity index (χ1v) is 10.2. The van der Waals surface area contributed by atoms with Crippen LogP contribution < -0.4 is 14.8 Å². The molecule has 1 fully saturated rings. The Hall–Kier alpha value is -3.17. The van der Waals surface area contributed by atoms with Gasteiger partial charge >= 0.3 is 0 Å². The van der Waals surface area contributed by atoms with Gasteiger partial charge in [0.2, 0.25) is 0 Å². The van der Waals surface area contributed by atoms with E-state index in [1.165, 1.54) is 19.2 Å². The number of benzene rings is 2. The van der Waals surface area contributed by atoms with E-state index in [9.17, 15) is 14.9 Å². The lowest BCUT2D eigenvalue weighted by Crippen LogP contribution is -2.35. The Morgan fingerprint density at radius 1 is 1.19 bits per heavy atom. The molecule has 1 heterocycles.